The fourth-order valence-electron chi connectivity index (χ4n) is 2.88. The number of ether oxygens (including phenoxy) is 2. The minimum atomic E-state index is -4.80. The zero-order valence-electron chi connectivity index (χ0n) is 15.1. The summed E-state index contributed by atoms with van der Waals surface area (Å²) in [6.07, 6.45) is -4.80. The molecule has 0 saturated carbocycles. The number of nitrogens with one attached hydrogen (secondary N) is 1. The topological polar surface area (TPSA) is 78.3 Å². The van der Waals surface area contributed by atoms with Crippen molar-refractivity contribution in [2.24, 2.45) is 0 Å². The van der Waals surface area contributed by atoms with Crippen LogP contribution in [0, 0.1) is 0 Å². The number of fused-ring (bicyclic) bond motifs is 1. The van der Waals surface area contributed by atoms with Crippen molar-refractivity contribution in [3.8, 4) is 5.75 Å². The zero-order chi connectivity index (χ0) is 21.3. The van der Waals surface area contributed by atoms with E-state index in [-0.39, 0.29) is 29.6 Å². The Labute approximate surface area is 161 Å². The van der Waals surface area contributed by atoms with Gasteiger partial charge in [-0.3, -0.25) is 0 Å². The van der Waals surface area contributed by atoms with Gasteiger partial charge >= 0.3 is 18.8 Å². The lowest BCUT2D eigenvalue weighted by atomic mass is 9.96. The van der Waals surface area contributed by atoms with Crippen LogP contribution in [-0.4, -0.2) is 34.0 Å². The van der Waals surface area contributed by atoms with Crippen molar-refractivity contribution in [2.75, 3.05) is 11.9 Å². The number of rotatable bonds is 5. The molecule has 1 aliphatic heterocycles. The smallest absolute Gasteiger partial charge is 0.453 e. The molecule has 0 spiro atoms. The van der Waals surface area contributed by atoms with Crippen molar-refractivity contribution in [3.63, 3.8) is 0 Å². The third-order valence-corrected chi connectivity index (χ3v) is 4.02. The van der Waals surface area contributed by atoms with Gasteiger partial charge in [-0.05, 0) is 31.5 Å². The molecule has 1 aliphatic rings. The van der Waals surface area contributed by atoms with Gasteiger partial charge in [0.15, 0.2) is 0 Å². The SMILES string of the molecule is CCOC(=O)C1=C(C)Nc2nc(C(F)(F)F)nn2[C@@H]1c1ccc(OC(F)F)cc1. The van der Waals surface area contributed by atoms with E-state index < -0.39 is 30.6 Å². The maximum Gasteiger partial charge on any atom is 0.453 e. The molecule has 0 fully saturated rings. The Bertz CT molecular complexity index is 938. The van der Waals surface area contributed by atoms with E-state index in [4.69, 9.17) is 4.74 Å². The van der Waals surface area contributed by atoms with Crippen LogP contribution in [0.3, 0.4) is 0 Å². The lowest BCUT2D eigenvalue weighted by Gasteiger charge is -2.28. The number of halogens is 5. The van der Waals surface area contributed by atoms with Crippen molar-refractivity contribution < 1.29 is 36.2 Å². The van der Waals surface area contributed by atoms with Crippen LogP contribution < -0.4 is 10.1 Å². The second-order valence-electron chi connectivity index (χ2n) is 5.94. The van der Waals surface area contributed by atoms with Crippen LogP contribution in [0.25, 0.3) is 0 Å². The second-order valence-corrected chi connectivity index (χ2v) is 5.94. The highest BCUT2D eigenvalue weighted by Gasteiger charge is 2.41. The van der Waals surface area contributed by atoms with E-state index >= 15 is 0 Å². The van der Waals surface area contributed by atoms with E-state index in [0.717, 1.165) is 4.68 Å². The van der Waals surface area contributed by atoms with E-state index in [1.807, 2.05) is 0 Å². The Kier molecular flexibility index (Phi) is 5.44. The number of alkyl halides is 5. The molecule has 1 aromatic heterocycles. The van der Waals surface area contributed by atoms with Gasteiger partial charge in [0, 0.05) is 5.70 Å². The van der Waals surface area contributed by atoms with Crippen molar-refractivity contribution in [2.45, 2.75) is 32.7 Å². The van der Waals surface area contributed by atoms with Gasteiger partial charge in [0.25, 0.3) is 5.82 Å². The first-order chi connectivity index (χ1) is 13.6. The zero-order valence-corrected chi connectivity index (χ0v) is 15.1. The molecule has 2 aromatic rings. The monoisotopic (exact) mass is 418 g/mol. The van der Waals surface area contributed by atoms with Crippen molar-refractivity contribution in [1.82, 2.24) is 14.8 Å². The number of allylic oxidation sites excluding steroid dienone is 1. The number of carbonyl (C=O) groups excluding carboxylic acids is 1. The predicted octanol–water partition coefficient (Wildman–Crippen LogP) is 3.75. The van der Waals surface area contributed by atoms with Gasteiger partial charge in [0.1, 0.15) is 11.8 Å². The molecule has 0 saturated heterocycles. The summed E-state index contributed by atoms with van der Waals surface area (Å²) in [5.41, 5.74) is 0.547. The van der Waals surface area contributed by atoms with E-state index in [2.05, 4.69) is 20.1 Å². The molecular formula is C17H15F5N4O3. The van der Waals surface area contributed by atoms with E-state index in [1.54, 1.807) is 6.92 Å². The molecule has 0 aliphatic carbocycles. The molecule has 0 unspecified atom stereocenters. The third-order valence-electron chi connectivity index (χ3n) is 4.02. The molecule has 1 aromatic carbocycles. The number of anilines is 1. The molecule has 0 amide bonds. The number of carbonyl (C=O) groups is 1. The quantitative estimate of drug-likeness (QED) is 0.589. The van der Waals surface area contributed by atoms with Crippen LogP contribution in [0.1, 0.15) is 31.3 Å². The average Bonchev–Trinajstić information content (AvgIpc) is 3.05. The molecule has 156 valence electrons. The van der Waals surface area contributed by atoms with Gasteiger partial charge in [-0.25, -0.2) is 9.48 Å². The summed E-state index contributed by atoms with van der Waals surface area (Å²) in [4.78, 5) is 15.9. The normalized spacial score (nSPS) is 16.5. The van der Waals surface area contributed by atoms with Gasteiger partial charge in [0.2, 0.25) is 5.95 Å². The predicted molar refractivity (Wildman–Crippen MR) is 89.2 cm³/mol. The first-order valence-corrected chi connectivity index (χ1v) is 8.35. The van der Waals surface area contributed by atoms with Crippen LogP contribution in [0.2, 0.25) is 0 Å². The average molecular weight is 418 g/mol. The van der Waals surface area contributed by atoms with Crippen LogP contribution in [0.4, 0.5) is 27.9 Å². The van der Waals surface area contributed by atoms with Crippen LogP contribution in [-0.2, 0) is 15.7 Å². The van der Waals surface area contributed by atoms with E-state index in [0.29, 0.717) is 5.56 Å². The second kappa shape index (κ2) is 7.68. The Morgan fingerprint density at radius 2 is 1.93 bits per heavy atom. The number of nitrogens with zero attached hydrogens (tertiary/aromatic N) is 3. The van der Waals surface area contributed by atoms with Crippen molar-refractivity contribution in [1.29, 1.82) is 0 Å². The molecule has 0 radical (unpaired) electrons. The third kappa shape index (κ3) is 4.15. The number of benzene rings is 1. The number of esters is 1. The van der Waals surface area contributed by atoms with Gasteiger partial charge in [0.05, 0.1) is 12.2 Å². The van der Waals surface area contributed by atoms with Gasteiger partial charge < -0.3 is 14.8 Å². The number of hydrogen-bond acceptors (Lipinski definition) is 6. The van der Waals surface area contributed by atoms with Crippen molar-refractivity contribution >= 4 is 11.9 Å². The Morgan fingerprint density at radius 3 is 2.48 bits per heavy atom. The molecule has 29 heavy (non-hydrogen) atoms. The largest absolute Gasteiger partial charge is 0.463 e. The maximum absolute atomic E-state index is 13.1. The number of aromatic nitrogens is 3. The fourth-order valence-corrected chi connectivity index (χ4v) is 2.88. The molecule has 1 atom stereocenters. The fraction of sp³-hybridized carbons (Fsp3) is 0.353. The lowest BCUT2D eigenvalue weighted by molar-refractivity contribution is -0.145. The summed E-state index contributed by atoms with van der Waals surface area (Å²) in [6, 6.07) is 4.00. The van der Waals surface area contributed by atoms with Crippen LogP contribution in [0.15, 0.2) is 35.5 Å². The molecule has 0 bridgehead atoms. The Morgan fingerprint density at radius 1 is 1.28 bits per heavy atom. The highest BCUT2D eigenvalue weighted by Crippen LogP contribution is 2.38. The maximum atomic E-state index is 13.1. The summed E-state index contributed by atoms with van der Waals surface area (Å²) in [7, 11) is 0. The van der Waals surface area contributed by atoms with E-state index in [9.17, 15) is 26.7 Å². The standard InChI is InChI=1S/C17H15F5N4O3/c1-3-28-13(27)11-8(2)23-16-24-14(17(20,21)22)25-26(16)12(11)9-4-6-10(7-5-9)29-15(18)19/h4-7,12,15H,3H2,1-2H3,(H,23,24,25)/t12-/m1/s1. The van der Waals surface area contributed by atoms with Gasteiger partial charge in [-0.2, -0.15) is 26.9 Å². The summed E-state index contributed by atoms with van der Waals surface area (Å²) in [5.74, 6) is -2.52. The summed E-state index contributed by atoms with van der Waals surface area (Å²) >= 11 is 0. The minimum Gasteiger partial charge on any atom is -0.463 e. The molecule has 7 nitrogen and oxygen atoms in total. The Balaban J connectivity index is 2.10. The van der Waals surface area contributed by atoms with Crippen LogP contribution >= 0.6 is 0 Å². The first kappa shape index (κ1) is 20.6. The Hall–Kier alpha value is -3.18. The summed E-state index contributed by atoms with van der Waals surface area (Å²) in [6.45, 7) is 0.0757. The minimum absolute atomic E-state index is 0.0144. The molecule has 3 rings (SSSR count). The van der Waals surface area contributed by atoms with Gasteiger partial charge in [-0.15, -0.1) is 5.10 Å². The summed E-state index contributed by atoms with van der Waals surface area (Å²) < 4.78 is 74.2. The van der Waals surface area contributed by atoms with Gasteiger partial charge in [-0.1, -0.05) is 12.1 Å². The molecule has 2 heterocycles. The molecule has 1 N–H and O–H groups in total. The van der Waals surface area contributed by atoms with Crippen LogP contribution in [0.5, 0.6) is 5.75 Å². The molecular weight excluding hydrogens is 403 g/mol. The first-order valence-electron chi connectivity index (χ1n) is 8.35. The highest BCUT2D eigenvalue weighted by atomic mass is 19.4. The van der Waals surface area contributed by atoms with Crippen molar-refractivity contribution in [3.05, 3.63) is 46.9 Å². The molecule has 12 heteroatoms. The lowest BCUT2D eigenvalue weighted by Crippen LogP contribution is -2.29. The highest BCUT2D eigenvalue weighted by molar-refractivity contribution is 5.92. The van der Waals surface area contributed by atoms with E-state index in [1.165, 1.54) is 31.2 Å². The number of hydrogen-bond donors (Lipinski definition) is 1. The summed E-state index contributed by atoms with van der Waals surface area (Å²) in [5, 5.41) is 6.13.